The largest absolute Gasteiger partial charge is 0.371 e. The van der Waals surface area contributed by atoms with Gasteiger partial charge in [-0.25, -0.2) is 0 Å². The first-order chi connectivity index (χ1) is 5.58. The normalized spacial score (nSPS) is 24.2. The topological polar surface area (TPSA) is 52.6 Å². The zero-order valence-corrected chi connectivity index (χ0v) is 7.71. The second kappa shape index (κ2) is 4.02. The Labute approximate surface area is 72.3 Å². The molecule has 5 heteroatoms. The van der Waals surface area contributed by atoms with Crippen molar-refractivity contribution >= 4 is 10.1 Å². The van der Waals surface area contributed by atoms with Gasteiger partial charge in [-0.05, 0) is 6.42 Å². The maximum atomic E-state index is 10.6. The standard InChI is InChI=1S/C7H12O4S/c1-12(8,9)11-6-7-4-2-3-5-10-7/h2-3,7H,4-6H2,1H3. The minimum absolute atomic E-state index is 0.114. The van der Waals surface area contributed by atoms with E-state index in [1.54, 1.807) is 0 Å². The van der Waals surface area contributed by atoms with Gasteiger partial charge in [-0.1, -0.05) is 12.2 Å². The molecule has 0 radical (unpaired) electrons. The average Bonchev–Trinajstić information content (AvgIpc) is 2.02. The van der Waals surface area contributed by atoms with E-state index >= 15 is 0 Å². The number of hydrogen-bond donors (Lipinski definition) is 0. The minimum atomic E-state index is -3.33. The number of hydrogen-bond acceptors (Lipinski definition) is 4. The van der Waals surface area contributed by atoms with Crippen LogP contribution in [0, 0.1) is 0 Å². The molecule has 1 aliphatic heterocycles. The fourth-order valence-corrected chi connectivity index (χ4v) is 1.29. The number of rotatable bonds is 3. The molecule has 70 valence electrons. The Balaban J connectivity index is 2.28. The van der Waals surface area contributed by atoms with Gasteiger partial charge in [-0.15, -0.1) is 0 Å². The van der Waals surface area contributed by atoms with Crippen molar-refractivity contribution in [1.29, 1.82) is 0 Å². The molecular formula is C7H12O4S. The Bertz CT molecular complexity index is 255. The van der Waals surface area contributed by atoms with Crippen LogP contribution in [-0.2, 0) is 19.0 Å². The van der Waals surface area contributed by atoms with Gasteiger partial charge in [0, 0.05) is 0 Å². The molecule has 0 saturated heterocycles. The van der Waals surface area contributed by atoms with Crippen LogP contribution >= 0.6 is 0 Å². The molecule has 0 aromatic heterocycles. The van der Waals surface area contributed by atoms with Crippen LogP contribution in [0.4, 0.5) is 0 Å². The highest BCUT2D eigenvalue weighted by Crippen LogP contribution is 2.07. The predicted molar refractivity (Wildman–Crippen MR) is 44.3 cm³/mol. The Morgan fingerprint density at radius 2 is 2.33 bits per heavy atom. The Kier molecular flexibility index (Phi) is 3.25. The molecule has 1 unspecified atom stereocenters. The molecule has 1 atom stereocenters. The summed E-state index contributed by atoms with van der Waals surface area (Å²) in [7, 11) is -3.33. The Hall–Kier alpha value is -0.390. The van der Waals surface area contributed by atoms with Crippen molar-refractivity contribution in [3.05, 3.63) is 12.2 Å². The molecule has 4 nitrogen and oxygen atoms in total. The summed E-state index contributed by atoms with van der Waals surface area (Å²) in [5.41, 5.74) is 0. The van der Waals surface area contributed by atoms with E-state index in [2.05, 4.69) is 4.18 Å². The molecule has 0 bridgehead atoms. The van der Waals surface area contributed by atoms with Gasteiger partial charge in [0.05, 0.1) is 25.6 Å². The molecule has 12 heavy (non-hydrogen) atoms. The summed E-state index contributed by atoms with van der Waals surface area (Å²) in [6, 6.07) is 0. The molecule has 0 saturated carbocycles. The number of ether oxygens (including phenoxy) is 1. The highest BCUT2D eigenvalue weighted by molar-refractivity contribution is 7.85. The molecule has 0 spiro atoms. The fourth-order valence-electron chi connectivity index (χ4n) is 0.891. The summed E-state index contributed by atoms with van der Waals surface area (Å²) in [4.78, 5) is 0. The van der Waals surface area contributed by atoms with Gasteiger partial charge in [0.25, 0.3) is 10.1 Å². The molecule has 0 aromatic carbocycles. The van der Waals surface area contributed by atoms with Crippen LogP contribution in [0.2, 0.25) is 0 Å². The predicted octanol–water partition coefficient (Wildman–Crippen LogP) is 0.308. The van der Waals surface area contributed by atoms with Crippen LogP contribution < -0.4 is 0 Å². The van der Waals surface area contributed by atoms with Crippen LogP contribution in [0.3, 0.4) is 0 Å². The van der Waals surface area contributed by atoms with E-state index in [0.717, 1.165) is 12.7 Å². The third-order valence-corrected chi connectivity index (χ3v) is 2.03. The van der Waals surface area contributed by atoms with Crippen LogP contribution in [0.1, 0.15) is 6.42 Å². The molecule has 0 aliphatic carbocycles. The van der Waals surface area contributed by atoms with Crippen molar-refractivity contribution < 1.29 is 17.3 Å². The molecule has 0 fully saturated rings. The summed E-state index contributed by atoms with van der Waals surface area (Å²) in [5, 5.41) is 0. The lowest BCUT2D eigenvalue weighted by Crippen LogP contribution is -2.23. The summed E-state index contributed by atoms with van der Waals surface area (Å²) < 4.78 is 30.9. The first-order valence-electron chi connectivity index (χ1n) is 3.69. The summed E-state index contributed by atoms with van der Waals surface area (Å²) >= 11 is 0. The van der Waals surface area contributed by atoms with Gasteiger partial charge in [0.15, 0.2) is 0 Å². The molecular weight excluding hydrogens is 180 g/mol. The smallest absolute Gasteiger partial charge is 0.264 e. The molecule has 0 aromatic rings. The second-order valence-electron chi connectivity index (χ2n) is 2.65. The van der Waals surface area contributed by atoms with E-state index in [4.69, 9.17) is 4.74 Å². The zero-order chi connectivity index (χ0) is 9.03. The monoisotopic (exact) mass is 192 g/mol. The quantitative estimate of drug-likeness (QED) is 0.477. The summed E-state index contributed by atoms with van der Waals surface area (Å²) in [5.74, 6) is 0. The summed E-state index contributed by atoms with van der Waals surface area (Å²) in [6.07, 6.45) is 5.49. The van der Waals surface area contributed by atoms with E-state index in [9.17, 15) is 8.42 Å². The maximum Gasteiger partial charge on any atom is 0.264 e. The zero-order valence-electron chi connectivity index (χ0n) is 6.89. The van der Waals surface area contributed by atoms with Crippen molar-refractivity contribution in [3.63, 3.8) is 0 Å². The fraction of sp³-hybridized carbons (Fsp3) is 0.714. The molecule has 0 amide bonds. The van der Waals surface area contributed by atoms with Gasteiger partial charge in [-0.2, -0.15) is 8.42 Å². The van der Waals surface area contributed by atoms with Crippen LogP contribution in [-0.4, -0.2) is 34.0 Å². The van der Waals surface area contributed by atoms with Gasteiger partial charge < -0.3 is 4.74 Å². The van der Waals surface area contributed by atoms with Crippen molar-refractivity contribution in [2.45, 2.75) is 12.5 Å². The third-order valence-electron chi connectivity index (χ3n) is 1.46. The van der Waals surface area contributed by atoms with E-state index in [-0.39, 0.29) is 12.7 Å². The lowest BCUT2D eigenvalue weighted by Gasteiger charge is -2.17. The minimum Gasteiger partial charge on any atom is -0.371 e. The highest BCUT2D eigenvalue weighted by Gasteiger charge is 2.13. The van der Waals surface area contributed by atoms with E-state index in [0.29, 0.717) is 6.61 Å². The second-order valence-corrected chi connectivity index (χ2v) is 4.30. The van der Waals surface area contributed by atoms with Gasteiger partial charge in [0.2, 0.25) is 0 Å². The van der Waals surface area contributed by atoms with E-state index < -0.39 is 10.1 Å². The van der Waals surface area contributed by atoms with Crippen molar-refractivity contribution in [3.8, 4) is 0 Å². The van der Waals surface area contributed by atoms with Crippen molar-refractivity contribution in [2.24, 2.45) is 0 Å². The van der Waals surface area contributed by atoms with Gasteiger partial charge in [-0.3, -0.25) is 4.18 Å². The lowest BCUT2D eigenvalue weighted by molar-refractivity contribution is 0.0337. The van der Waals surface area contributed by atoms with Gasteiger partial charge >= 0.3 is 0 Å². The van der Waals surface area contributed by atoms with E-state index in [1.165, 1.54) is 0 Å². The van der Waals surface area contributed by atoms with Crippen molar-refractivity contribution in [1.82, 2.24) is 0 Å². The van der Waals surface area contributed by atoms with Crippen LogP contribution in [0.5, 0.6) is 0 Å². The third kappa shape index (κ3) is 3.85. The Morgan fingerprint density at radius 1 is 1.58 bits per heavy atom. The lowest BCUT2D eigenvalue weighted by atomic mass is 10.2. The average molecular weight is 192 g/mol. The maximum absolute atomic E-state index is 10.6. The molecule has 1 heterocycles. The first kappa shape index (κ1) is 9.70. The SMILES string of the molecule is CS(=O)(=O)OCC1CC=CCO1. The first-order valence-corrected chi connectivity index (χ1v) is 5.50. The van der Waals surface area contributed by atoms with E-state index in [1.807, 2.05) is 12.2 Å². The molecule has 0 N–H and O–H groups in total. The summed E-state index contributed by atoms with van der Waals surface area (Å²) in [6.45, 7) is 0.654. The van der Waals surface area contributed by atoms with Crippen LogP contribution in [0.15, 0.2) is 12.2 Å². The van der Waals surface area contributed by atoms with Gasteiger partial charge in [0.1, 0.15) is 0 Å². The molecule has 1 aliphatic rings. The Morgan fingerprint density at radius 3 is 2.83 bits per heavy atom. The van der Waals surface area contributed by atoms with Crippen LogP contribution in [0.25, 0.3) is 0 Å². The van der Waals surface area contributed by atoms with Crippen molar-refractivity contribution in [2.75, 3.05) is 19.5 Å². The highest BCUT2D eigenvalue weighted by atomic mass is 32.2. The molecule has 1 rings (SSSR count).